The summed E-state index contributed by atoms with van der Waals surface area (Å²) in [4.78, 5) is 8.78. The van der Waals surface area contributed by atoms with Crippen LogP contribution < -0.4 is 5.73 Å². The summed E-state index contributed by atoms with van der Waals surface area (Å²) in [6.07, 6.45) is -0.836. The lowest BCUT2D eigenvalue weighted by Crippen LogP contribution is -2.03. The van der Waals surface area contributed by atoms with Crippen molar-refractivity contribution in [2.24, 2.45) is 10.9 Å². The molecule has 0 saturated heterocycles. The zero-order valence-electron chi connectivity index (χ0n) is 7.10. The number of hydrogen-bond acceptors (Lipinski definition) is 5. The molecule has 0 bridgehead atoms. The van der Waals surface area contributed by atoms with E-state index in [1.807, 2.05) is 6.07 Å². The Bertz CT molecular complexity index is 208. The van der Waals surface area contributed by atoms with Crippen molar-refractivity contribution in [3.05, 3.63) is 0 Å². The van der Waals surface area contributed by atoms with Crippen LogP contribution in [0.15, 0.2) is 5.16 Å². The SMILES string of the molecule is CC(=NO)SCCC#N.NC(=O)O. The van der Waals surface area contributed by atoms with Gasteiger partial charge in [0.25, 0.3) is 0 Å². The molecule has 0 aliphatic carbocycles. The van der Waals surface area contributed by atoms with E-state index in [1.165, 1.54) is 11.8 Å². The van der Waals surface area contributed by atoms with Crippen molar-refractivity contribution in [2.75, 3.05) is 5.75 Å². The molecule has 0 aliphatic heterocycles. The highest BCUT2D eigenvalue weighted by Crippen LogP contribution is 2.03. The van der Waals surface area contributed by atoms with E-state index in [0.717, 1.165) is 0 Å². The average Bonchev–Trinajstić information content (AvgIpc) is 2.03. The first kappa shape index (κ1) is 14.1. The first-order valence-corrected chi connectivity index (χ1v) is 4.20. The minimum atomic E-state index is -1.33. The lowest BCUT2D eigenvalue weighted by Gasteiger charge is -1.90. The van der Waals surface area contributed by atoms with Gasteiger partial charge in [0.05, 0.1) is 6.07 Å². The van der Waals surface area contributed by atoms with Gasteiger partial charge in [-0.25, -0.2) is 4.79 Å². The number of carbonyl (C=O) groups is 1. The molecule has 0 saturated carbocycles. The van der Waals surface area contributed by atoms with Gasteiger partial charge in [0.2, 0.25) is 0 Å². The Morgan fingerprint density at radius 2 is 2.23 bits per heavy atom. The molecular weight excluding hydrogens is 194 g/mol. The summed E-state index contributed by atoms with van der Waals surface area (Å²) < 4.78 is 0. The Kier molecular flexibility index (Phi) is 11.5. The summed E-state index contributed by atoms with van der Waals surface area (Å²) in [5, 5.41) is 26.9. The lowest BCUT2D eigenvalue weighted by molar-refractivity contribution is 0.205. The first-order valence-electron chi connectivity index (χ1n) is 3.21. The smallest absolute Gasteiger partial charge is 0.402 e. The molecule has 4 N–H and O–H groups in total. The number of amides is 1. The largest absolute Gasteiger partial charge is 0.465 e. The highest BCUT2D eigenvalue weighted by Gasteiger charge is 1.90. The van der Waals surface area contributed by atoms with Crippen molar-refractivity contribution >= 4 is 22.9 Å². The predicted octanol–water partition coefficient (Wildman–Crippen LogP) is 1.06. The molecule has 0 rings (SSSR count). The van der Waals surface area contributed by atoms with Gasteiger partial charge >= 0.3 is 6.09 Å². The number of carboxylic acid groups (broad SMARTS) is 1. The molecule has 7 heteroatoms. The molecule has 0 aromatic rings. The zero-order valence-corrected chi connectivity index (χ0v) is 7.91. The van der Waals surface area contributed by atoms with Gasteiger partial charge in [0.15, 0.2) is 0 Å². The van der Waals surface area contributed by atoms with Gasteiger partial charge in [-0.2, -0.15) is 5.26 Å². The Morgan fingerprint density at radius 1 is 1.77 bits per heavy atom. The van der Waals surface area contributed by atoms with Crippen LogP contribution in [-0.4, -0.2) is 27.2 Å². The molecule has 13 heavy (non-hydrogen) atoms. The van der Waals surface area contributed by atoms with Gasteiger partial charge in [0.1, 0.15) is 5.04 Å². The van der Waals surface area contributed by atoms with E-state index in [-0.39, 0.29) is 0 Å². The number of thioether (sulfide) groups is 1. The van der Waals surface area contributed by atoms with Gasteiger partial charge in [-0.1, -0.05) is 5.16 Å². The average molecular weight is 205 g/mol. The van der Waals surface area contributed by atoms with Crippen LogP contribution in [0.25, 0.3) is 0 Å². The van der Waals surface area contributed by atoms with Gasteiger partial charge in [-0.3, -0.25) is 0 Å². The maximum atomic E-state index is 8.78. The quantitative estimate of drug-likeness (QED) is 0.205. The van der Waals surface area contributed by atoms with E-state index in [4.69, 9.17) is 20.4 Å². The normalized spacial score (nSPS) is 9.38. The van der Waals surface area contributed by atoms with E-state index in [1.54, 1.807) is 6.92 Å². The van der Waals surface area contributed by atoms with E-state index in [0.29, 0.717) is 17.2 Å². The summed E-state index contributed by atoms with van der Waals surface area (Å²) in [6.45, 7) is 1.70. The van der Waals surface area contributed by atoms with E-state index in [2.05, 4.69) is 10.9 Å². The van der Waals surface area contributed by atoms with Crippen LogP contribution in [0.1, 0.15) is 13.3 Å². The van der Waals surface area contributed by atoms with E-state index >= 15 is 0 Å². The van der Waals surface area contributed by atoms with Crippen LogP contribution >= 0.6 is 11.8 Å². The van der Waals surface area contributed by atoms with E-state index in [9.17, 15) is 0 Å². The van der Waals surface area contributed by atoms with Crippen LogP contribution in [0.3, 0.4) is 0 Å². The molecule has 74 valence electrons. The van der Waals surface area contributed by atoms with Gasteiger partial charge in [-0.05, 0) is 6.92 Å². The second kappa shape index (κ2) is 10.6. The third-order valence-electron chi connectivity index (χ3n) is 0.666. The fourth-order valence-electron chi connectivity index (χ4n) is 0.273. The molecule has 0 unspecified atom stereocenters. The number of oxime groups is 1. The first-order chi connectivity index (χ1) is 6.04. The molecule has 0 fully saturated rings. The Labute approximate surface area is 80.0 Å². The third-order valence-corrected chi connectivity index (χ3v) is 1.57. The number of rotatable bonds is 2. The lowest BCUT2D eigenvalue weighted by atomic mass is 10.6. The minimum Gasteiger partial charge on any atom is -0.465 e. The highest BCUT2D eigenvalue weighted by atomic mass is 32.2. The van der Waals surface area contributed by atoms with Crippen LogP contribution in [0.4, 0.5) is 4.79 Å². The van der Waals surface area contributed by atoms with Crippen LogP contribution in [0.5, 0.6) is 0 Å². The number of nitrogens with zero attached hydrogens (tertiary/aromatic N) is 2. The van der Waals surface area contributed by atoms with Crippen molar-refractivity contribution in [3.63, 3.8) is 0 Å². The standard InChI is InChI=1S/C5H8N2OS.CH3NO2/c1-5(7-8)9-4-2-3-6;2-1(3)4/h8H,2,4H2,1H3;2H2,(H,3,4). The molecule has 0 aromatic carbocycles. The number of hydrogen-bond donors (Lipinski definition) is 3. The Hall–Kier alpha value is -1.42. The van der Waals surface area contributed by atoms with Crippen molar-refractivity contribution in [1.82, 2.24) is 0 Å². The van der Waals surface area contributed by atoms with Crippen molar-refractivity contribution in [3.8, 4) is 6.07 Å². The predicted molar refractivity (Wildman–Crippen MR) is 49.8 cm³/mol. The molecule has 0 aliphatic rings. The summed E-state index contributed by atoms with van der Waals surface area (Å²) in [5.41, 5.74) is 4.03. The molecular formula is C6H11N3O3S. The molecule has 0 radical (unpaired) electrons. The number of nitriles is 1. The summed E-state index contributed by atoms with van der Waals surface area (Å²) in [5.74, 6) is 0.701. The summed E-state index contributed by atoms with van der Waals surface area (Å²) in [7, 11) is 0. The monoisotopic (exact) mass is 205 g/mol. The maximum Gasteiger partial charge on any atom is 0.402 e. The molecule has 6 nitrogen and oxygen atoms in total. The summed E-state index contributed by atoms with van der Waals surface area (Å²) in [6, 6.07) is 1.99. The maximum absolute atomic E-state index is 8.78. The minimum absolute atomic E-state index is 0.498. The molecule has 0 spiro atoms. The Balaban J connectivity index is 0. The van der Waals surface area contributed by atoms with Gasteiger partial charge in [-0.15, -0.1) is 11.8 Å². The fourth-order valence-corrected chi connectivity index (χ4v) is 0.820. The molecule has 0 heterocycles. The van der Waals surface area contributed by atoms with Crippen LogP contribution in [0.2, 0.25) is 0 Å². The Morgan fingerprint density at radius 3 is 2.54 bits per heavy atom. The second-order valence-corrected chi connectivity index (χ2v) is 3.00. The zero-order chi connectivity index (χ0) is 10.7. The van der Waals surface area contributed by atoms with Gasteiger partial charge < -0.3 is 16.0 Å². The van der Waals surface area contributed by atoms with Crippen molar-refractivity contribution < 1.29 is 15.1 Å². The fraction of sp³-hybridized carbons (Fsp3) is 0.500. The highest BCUT2D eigenvalue weighted by molar-refractivity contribution is 8.13. The van der Waals surface area contributed by atoms with Gasteiger partial charge in [0, 0.05) is 12.2 Å². The number of nitrogens with two attached hydrogens (primary N) is 1. The third kappa shape index (κ3) is 25.0. The molecule has 0 aromatic heterocycles. The van der Waals surface area contributed by atoms with Crippen LogP contribution in [0, 0.1) is 11.3 Å². The summed E-state index contributed by atoms with van der Waals surface area (Å²) >= 11 is 1.38. The van der Waals surface area contributed by atoms with Crippen molar-refractivity contribution in [1.29, 1.82) is 5.26 Å². The van der Waals surface area contributed by atoms with E-state index < -0.39 is 6.09 Å². The number of primary amides is 1. The molecule has 0 atom stereocenters. The second-order valence-electron chi connectivity index (χ2n) is 1.71. The van der Waals surface area contributed by atoms with Crippen molar-refractivity contribution in [2.45, 2.75) is 13.3 Å². The topological polar surface area (TPSA) is 120 Å². The molecule has 1 amide bonds. The van der Waals surface area contributed by atoms with Crippen LogP contribution in [-0.2, 0) is 0 Å².